The summed E-state index contributed by atoms with van der Waals surface area (Å²) in [6, 6.07) is 13.5. The zero-order valence-corrected chi connectivity index (χ0v) is 13.6. The van der Waals surface area contributed by atoms with E-state index in [1.807, 2.05) is 6.07 Å². The highest BCUT2D eigenvalue weighted by Crippen LogP contribution is 2.26. The molecule has 0 heterocycles. The fraction of sp³-hybridized carbons (Fsp3) is 0.0625. The lowest BCUT2D eigenvalue weighted by molar-refractivity contribution is -0.113. The van der Waals surface area contributed by atoms with Gasteiger partial charge in [0.25, 0.3) is 5.91 Å². The number of nitrogens with one attached hydrogen (secondary N) is 1. The highest BCUT2D eigenvalue weighted by atomic mass is 35.5. The van der Waals surface area contributed by atoms with Crippen LogP contribution in [0, 0.1) is 0 Å². The fourth-order valence-electron chi connectivity index (χ4n) is 1.66. The summed E-state index contributed by atoms with van der Waals surface area (Å²) in [6.07, 6.45) is 0. The maximum atomic E-state index is 12.3. The number of carbonyl (C=O) groups is 1. The number of nitrogens with zero attached hydrogens (tertiary/aromatic N) is 2. The van der Waals surface area contributed by atoms with E-state index in [4.69, 9.17) is 23.2 Å². The lowest BCUT2D eigenvalue weighted by atomic mass is 10.3. The van der Waals surface area contributed by atoms with Crippen molar-refractivity contribution in [3.8, 4) is 0 Å². The summed E-state index contributed by atoms with van der Waals surface area (Å²) >= 11 is 11.9. The third-order valence-corrected chi connectivity index (χ3v) is 3.32. The molecule has 23 heavy (non-hydrogen) atoms. The van der Waals surface area contributed by atoms with E-state index in [0.29, 0.717) is 21.4 Å². The first-order valence-corrected chi connectivity index (χ1v) is 7.36. The van der Waals surface area contributed by atoms with Gasteiger partial charge < -0.3 is 10.4 Å². The van der Waals surface area contributed by atoms with Crippen LogP contribution in [0.25, 0.3) is 0 Å². The fourth-order valence-corrected chi connectivity index (χ4v) is 2.00. The normalized spacial score (nSPS) is 12.1. The van der Waals surface area contributed by atoms with Gasteiger partial charge in [0.05, 0.1) is 16.4 Å². The Morgan fingerprint density at radius 2 is 1.83 bits per heavy atom. The molecule has 0 saturated heterocycles. The second-order valence-electron chi connectivity index (χ2n) is 4.55. The van der Waals surface area contributed by atoms with Gasteiger partial charge in [0, 0.05) is 5.02 Å². The number of hydrogen-bond donors (Lipinski definition) is 2. The minimum absolute atomic E-state index is 0.218. The Labute approximate surface area is 143 Å². The summed E-state index contributed by atoms with van der Waals surface area (Å²) in [5.41, 5.74) is 0.655. The largest absolute Gasteiger partial charge is 0.510 e. The second kappa shape index (κ2) is 7.76. The van der Waals surface area contributed by atoms with E-state index in [1.165, 1.54) is 13.0 Å². The van der Waals surface area contributed by atoms with Crippen LogP contribution in [0.3, 0.4) is 0 Å². The highest BCUT2D eigenvalue weighted by molar-refractivity contribution is 6.35. The first-order valence-electron chi connectivity index (χ1n) is 6.60. The number of hydrogen-bond acceptors (Lipinski definition) is 4. The van der Waals surface area contributed by atoms with E-state index < -0.39 is 5.91 Å². The van der Waals surface area contributed by atoms with Crippen molar-refractivity contribution in [3.63, 3.8) is 0 Å². The molecule has 0 saturated carbocycles. The Balaban J connectivity index is 2.22. The molecule has 0 unspecified atom stereocenters. The number of amides is 1. The molecule has 0 fully saturated rings. The van der Waals surface area contributed by atoms with Crippen LogP contribution in [0.1, 0.15) is 6.92 Å². The molecule has 0 aromatic heterocycles. The molecule has 0 radical (unpaired) electrons. The summed E-state index contributed by atoms with van der Waals surface area (Å²) < 4.78 is 0. The van der Waals surface area contributed by atoms with Crippen LogP contribution in [0.2, 0.25) is 10.0 Å². The minimum Gasteiger partial charge on any atom is -0.510 e. The van der Waals surface area contributed by atoms with Gasteiger partial charge in [-0.3, -0.25) is 4.79 Å². The number of azo groups is 1. The van der Waals surface area contributed by atoms with Gasteiger partial charge in [-0.15, -0.1) is 5.11 Å². The van der Waals surface area contributed by atoms with E-state index >= 15 is 0 Å². The van der Waals surface area contributed by atoms with Crippen LogP contribution in [0.5, 0.6) is 0 Å². The van der Waals surface area contributed by atoms with Crippen molar-refractivity contribution in [2.45, 2.75) is 6.92 Å². The summed E-state index contributed by atoms with van der Waals surface area (Å²) in [5, 5.41) is 20.7. The van der Waals surface area contributed by atoms with Gasteiger partial charge in [-0.2, -0.15) is 5.11 Å². The van der Waals surface area contributed by atoms with Crippen LogP contribution in [-0.2, 0) is 4.79 Å². The van der Waals surface area contributed by atoms with Gasteiger partial charge in [0.1, 0.15) is 5.76 Å². The molecule has 2 rings (SSSR count). The molecule has 0 spiro atoms. The van der Waals surface area contributed by atoms with E-state index in [-0.39, 0.29) is 11.5 Å². The van der Waals surface area contributed by atoms with Crippen molar-refractivity contribution >= 4 is 40.5 Å². The molecule has 0 atom stereocenters. The first kappa shape index (κ1) is 17.0. The van der Waals surface area contributed by atoms with E-state index in [0.717, 1.165) is 0 Å². The van der Waals surface area contributed by atoms with Crippen molar-refractivity contribution in [3.05, 3.63) is 70.0 Å². The topological polar surface area (TPSA) is 74.0 Å². The zero-order valence-electron chi connectivity index (χ0n) is 12.1. The van der Waals surface area contributed by atoms with E-state index in [1.54, 1.807) is 36.4 Å². The molecular weight excluding hydrogens is 337 g/mol. The van der Waals surface area contributed by atoms with Crippen molar-refractivity contribution in [1.29, 1.82) is 0 Å². The Morgan fingerprint density at radius 3 is 2.48 bits per heavy atom. The summed E-state index contributed by atoms with van der Waals surface area (Å²) in [4.78, 5) is 12.3. The van der Waals surface area contributed by atoms with Crippen molar-refractivity contribution in [1.82, 2.24) is 0 Å². The molecule has 5 nitrogen and oxygen atoms in total. The van der Waals surface area contributed by atoms with Gasteiger partial charge >= 0.3 is 0 Å². The third kappa shape index (κ3) is 4.81. The summed E-state index contributed by atoms with van der Waals surface area (Å²) in [5.74, 6) is -0.908. The number of carbonyl (C=O) groups excluding carboxylic acids is 1. The lowest BCUT2D eigenvalue weighted by Crippen LogP contribution is -2.15. The van der Waals surface area contributed by atoms with Crippen LogP contribution in [-0.4, -0.2) is 11.0 Å². The number of benzene rings is 2. The predicted octanol–water partition coefficient (Wildman–Crippen LogP) is 5.51. The SMILES string of the molecule is C/C(O)=C(/N=Nc1ccccc1)C(=O)Nc1cc(Cl)ccc1Cl. The Hall–Kier alpha value is -2.37. The van der Waals surface area contributed by atoms with Crippen molar-refractivity contribution < 1.29 is 9.90 Å². The highest BCUT2D eigenvalue weighted by Gasteiger charge is 2.15. The molecule has 0 bridgehead atoms. The predicted molar refractivity (Wildman–Crippen MR) is 91.4 cm³/mol. The van der Waals surface area contributed by atoms with Crippen molar-refractivity contribution in [2.75, 3.05) is 5.32 Å². The molecule has 1 amide bonds. The smallest absolute Gasteiger partial charge is 0.279 e. The Bertz CT molecular complexity index is 770. The molecule has 7 heteroatoms. The number of aliphatic hydroxyl groups excluding tert-OH is 1. The average molecular weight is 350 g/mol. The third-order valence-electron chi connectivity index (χ3n) is 2.76. The van der Waals surface area contributed by atoms with Crippen LogP contribution < -0.4 is 5.32 Å². The van der Waals surface area contributed by atoms with Crippen LogP contribution in [0.4, 0.5) is 11.4 Å². The number of halogens is 2. The molecule has 2 aromatic rings. The van der Waals surface area contributed by atoms with Crippen LogP contribution >= 0.6 is 23.2 Å². The Morgan fingerprint density at radius 1 is 1.13 bits per heavy atom. The Kier molecular flexibility index (Phi) is 5.73. The average Bonchev–Trinajstić information content (AvgIpc) is 2.52. The van der Waals surface area contributed by atoms with E-state index in [2.05, 4.69) is 15.5 Å². The molecule has 0 aliphatic heterocycles. The van der Waals surface area contributed by atoms with Gasteiger partial charge in [0.15, 0.2) is 5.70 Å². The molecular formula is C16H13Cl2N3O2. The number of allylic oxidation sites excluding steroid dienone is 1. The summed E-state index contributed by atoms with van der Waals surface area (Å²) in [6.45, 7) is 1.35. The number of aliphatic hydroxyl groups is 1. The van der Waals surface area contributed by atoms with Gasteiger partial charge in [0.2, 0.25) is 0 Å². The maximum Gasteiger partial charge on any atom is 0.279 e. The van der Waals surface area contributed by atoms with Gasteiger partial charge in [-0.05, 0) is 37.3 Å². The quantitative estimate of drug-likeness (QED) is 0.434. The lowest BCUT2D eigenvalue weighted by Gasteiger charge is -2.08. The molecule has 2 aromatic carbocycles. The van der Waals surface area contributed by atoms with Gasteiger partial charge in [-0.25, -0.2) is 0 Å². The monoisotopic (exact) mass is 349 g/mol. The second-order valence-corrected chi connectivity index (χ2v) is 5.39. The molecule has 0 aliphatic rings. The van der Waals surface area contributed by atoms with Crippen LogP contribution in [0.15, 0.2) is 70.2 Å². The molecule has 2 N–H and O–H groups in total. The van der Waals surface area contributed by atoms with Gasteiger partial charge in [-0.1, -0.05) is 41.4 Å². The molecule has 118 valence electrons. The minimum atomic E-state index is -0.645. The van der Waals surface area contributed by atoms with Crippen molar-refractivity contribution in [2.24, 2.45) is 10.2 Å². The first-order chi connectivity index (χ1) is 11.0. The van der Waals surface area contributed by atoms with E-state index in [9.17, 15) is 9.90 Å². The standard InChI is InChI=1S/C16H13Cl2N3O2/c1-10(22)15(21-20-12-5-3-2-4-6-12)16(23)19-14-9-11(17)7-8-13(14)18/h2-9,22H,1H3,(H,19,23)/b15-10-,21-20?. The number of anilines is 1. The molecule has 0 aliphatic carbocycles. The maximum absolute atomic E-state index is 12.3. The summed E-state index contributed by atoms with van der Waals surface area (Å²) in [7, 11) is 0. The number of rotatable bonds is 4. The zero-order chi connectivity index (χ0) is 16.8.